The minimum Gasteiger partial charge on any atom is -0.392 e. The van der Waals surface area contributed by atoms with Gasteiger partial charge in [0.15, 0.2) is 0 Å². The van der Waals surface area contributed by atoms with Crippen molar-refractivity contribution in [3.05, 3.63) is 6.92 Å². The molecule has 0 saturated heterocycles. The molecule has 0 aromatic heterocycles. The molecule has 0 rings (SSSR count). The lowest BCUT2D eigenvalue weighted by molar-refractivity contribution is -0.154. The second-order valence-corrected chi connectivity index (χ2v) is 1.25. The second kappa shape index (κ2) is 3.43. The van der Waals surface area contributed by atoms with Crippen molar-refractivity contribution in [3.8, 4) is 0 Å². The van der Waals surface area contributed by atoms with Crippen LogP contribution in [0.25, 0.3) is 0 Å². The molecule has 0 bridgehead atoms. The van der Waals surface area contributed by atoms with Gasteiger partial charge in [0.05, 0.1) is 6.92 Å². The zero-order valence-electron chi connectivity index (χ0n) is 4.02. The minimum absolute atomic E-state index is 0.318. The first kappa shape index (κ1) is 7.43. The van der Waals surface area contributed by atoms with E-state index in [1.54, 1.807) is 0 Å². The molecular formula is C4H4ClO3. The van der Waals surface area contributed by atoms with E-state index >= 15 is 0 Å². The maximum Gasteiger partial charge on any atom is 0.328 e. The van der Waals surface area contributed by atoms with Gasteiger partial charge in [-0.2, -0.15) is 0 Å². The largest absolute Gasteiger partial charge is 0.392 e. The third-order valence-electron chi connectivity index (χ3n) is 0.337. The van der Waals surface area contributed by atoms with Crippen LogP contribution in [0, 0.1) is 6.92 Å². The Morgan fingerprint density at radius 2 is 2.12 bits per heavy atom. The van der Waals surface area contributed by atoms with Gasteiger partial charge in [-0.15, -0.1) is 11.6 Å². The van der Waals surface area contributed by atoms with Crippen LogP contribution in [0.3, 0.4) is 0 Å². The van der Waals surface area contributed by atoms with Crippen LogP contribution in [0.15, 0.2) is 0 Å². The third kappa shape index (κ3) is 3.61. The van der Waals surface area contributed by atoms with Crippen LogP contribution in [0.2, 0.25) is 0 Å². The summed E-state index contributed by atoms with van der Waals surface area (Å²) in [5.74, 6) is -1.97. The van der Waals surface area contributed by atoms with Crippen molar-refractivity contribution in [3.63, 3.8) is 0 Å². The zero-order valence-corrected chi connectivity index (χ0v) is 4.77. The fraction of sp³-hybridized carbons (Fsp3) is 0.250. The predicted molar refractivity (Wildman–Crippen MR) is 27.2 cm³/mol. The highest BCUT2D eigenvalue weighted by atomic mass is 35.5. The maximum atomic E-state index is 10.0. The molecule has 8 heavy (non-hydrogen) atoms. The van der Waals surface area contributed by atoms with Gasteiger partial charge in [-0.25, -0.2) is 0 Å². The topological polar surface area (TPSA) is 43.4 Å². The summed E-state index contributed by atoms with van der Waals surface area (Å²) in [5, 5.41) is 0. The molecule has 0 N–H and O–H groups in total. The van der Waals surface area contributed by atoms with Gasteiger partial charge in [0.2, 0.25) is 0 Å². The Kier molecular flexibility index (Phi) is 3.19. The molecule has 4 heteroatoms. The average Bonchev–Trinajstić information content (AvgIpc) is 1.65. The van der Waals surface area contributed by atoms with Gasteiger partial charge >= 0.3 is 11.9 Å². The van der Waals surface area contributed by atoms with Crippen molar-refractivity contribution in [1.29, 1.82) is 0 Å². The van der Waals surface area contributed by atoms with Gasteiger partial charge in [-0.1, -0.05) is 0 Å². The average molecular weight is 136 g/mol. The van der Waals surface area contributed by atoms with Crippen molar-refractivity contribution in [2.24, 2.45) is 0 Å². The number of alkyl halides is 1. The zero-order chi connectivity index (χ0) is 6.57. The third-order valence-corrected chi connectivity index (χ3v) is 0.555. The van der Waals surface area contributed by atoms with Crippen molar-refractivity contribution < 1.29 is 14.3 Å². The molecule has 0 spiro atoms. The Morgan fingerprint density at radius 1 is 1.62 bits per heavy atom. The normalized spacial score (nSPS) is 8.25. The summed E-state index contributed by atoms with van der Waals surface area (Å²) >= 11 is 4.94. The van der Waals surface area contributed by atoms with Crippen molar-refractivity contribution in [1.82, 2.24) is 0 Å². The van der Waals surface area contributed by atoms with E-state index in [-0.39, 0.29) is 5.88 Å². The number of carbonyl (C=O) groups is 2. The lowest BCUT2D eigenvalue weighted by atomic mass is 10.7. The quantitative estimate of drug-likeness (QED) is 0.292. The molecule has 0 amide bonds. The maximum absolute atomic E-state index is 10.0. The monoisotopic (exact) mass is 135 g/mol. The predicted octanol–water partition coefficient (Wildman–Crippen LogP) is 0.129. The Labute approximate surface area is 51.6 Å². The van der Waals surface area contributed by atoms with E-state index in [4.69, 9.17) is 11.6 Å². The Balaban J connectivity index is 3.40. The van der Waals surface area contributed by atoms with E-state index in [9.17, 15) is 9.59 Å². The van der Waals surface area contributed by atoms with Crippen LogP contribution in [0.5, 0.6) is 0 Å². The lowest BCUT2D eigenvalue weighted by Gasteiger charge is -1.90. The molecule has 3 nitrogen and oxygen atoms in total. The van der Waals surface area contributed by atoms with E-state index < -0.39 is 11.9 Å². The van der Waals surface area contributed by atoms with Crippen LogP contribution >= 0.6 is 11.6 Å². The fourth-order valence-corrected chi connectivity index (χ4v) is 0.209. The Morgan fingerprint density at radius 3 is 2.25 bits per heavy atom. The SMILES string of the molecule is [CH2]C(=O)OC(=O)CCl. The number of ether oxygens (including phenoxy) is 1. The summed E-state index contributed by atoms with van der Waals surface area (Å²) in [7, 11) is 0. The molecule has 45 valence electrons. The molecule has 0 aromatic rings. The summed E-state index contributed by atoms with van der Waals surface area (Å²) in [5.41, 5.74) is 0. The molecule has 0 aliphatic rings. The highest BCUT2D eigenvalue weighted by Crippen LogP contribution is 1.81. The molecule has 0 heterocycles. The molecular weight excluding hydrogens is 131 g/mol. The molecule has 0 unspecified atom stereocenters. The number of rotatable bonds is 1. The van der Waals surface area contributed by atoms with Gasteiger partial charge in [0.1, 0.15) is 5.88 Å². The van der Waals surface area contributed by atoms with Gasteiger partial charge in [-0.3, -0.25) is 9.59 Å². The van der Waals surface area contributed by atoms with Crippen molar-refractivity contribution >= 4 is 23.5 Å². The van der Waals surface area contributed by atoms with E-state index in [0.717, 1.165) is 0 Å². The van der Waals surface area contributed by atoms with Gasteiger partial charge < -0.3 is 4.74 Å². The minimum atomic E-state index is -0.879. The second-order valence-electron chi connectivity index (χ2n) is 0.980. The van der Waals surface area contributed by atoms with E-state index in [2.05, 4.69) is 11.7 Å². The first-order valence-corrected chi connectivity index (χ1v) is 2.33. The number of halogens is 1. The summed E-state index contributed by atoms with van der Waals surface area (Å²) in [6.45, 7) is 2.79. The first-order chi connectivity index (χ1) is 3.66. The van der Waals surface area contributed by atoms with E-state index in [1.165, 1.54) is 0 Å². The van der Waals surface area contributed by atoms with Crippen LogP contribution in [-0.2, 0) is 14.3 Å². The van der Waals surface area contributed by atoms with Crippen molar-refractivity contribution in [2.75, 3.05) is 5.88 Å². The molecule has 0 saturated carbocycles. The summed E-state index contributed by atoms with van der Waals surface area (Å²) in [4.78, 5) is 19.8. The molecule has 0 aliphatic carbocycles. The van der Waals surface area contributed by atoms with Gasteiger partial charge in [0.25, 0.3) is 0 Å². The molecule has 0 atom stereocenters. The van der Waals surface area contributed by atoms with E-state index in [1.807, 2.05) is 0 Å². The lowest BCUT2D eigenvalue weighted by Crippen LogP contribution is -2.09. The highest BCUT2D eigenvalue weighted by Gasteiger charge is 2.01. The summed E-state index contributed by atoms with van der Waals surface area (Å²) < 4.78 is 3.88. The van der Waals surface area contributed by atoms with E-state index in [0.29, 0.717) is 0 Å². The summed E-state index contributed by atoms with van der Waals surface area (Å²) in [6.07, 6.45) is 0. The Bertz CT molecular complexity index is 110. The molecule has 0 fully saturated rings. The number of hydrogen-bond acceptors (Lipinski definition) is 3. The molecule has 1 radical (unpaired) electrons. The highest BCUT2D eigenvalue weighted by molar-refractivity contribution is 6.27. The van der Waals surface area contributed by atoms with Crippen LogP contribution in [0.4, 0.5) is 0 Å². The van der Waals surface area contributed by atoms with Gasteiger partial charge in [-0.05, 0) is 0 Å². The Hall–Kier alpha value is -0.570. The van der Waals surface area contributed by atoms with Crippen molar-refractivity contribution in [2.45, 2.75) is 0 Å². The van der Waals surface area contributed by atoms with Crippen LogP contribution in [-0.4, -0.2) is 17.8 Å². The number of hydrogen-bond donors (Lipinski definition) is 0. The fourth-order valence-electron chi connectivity index (χ4n) is 0.154. The van der Waals surface area contributed by atoms with Gasteiger partial charge in [0, 0.05) is 0 Å². The summed E-state index contributed by atoms with van der Waals surface area (Å²) in [6, 6.07) is 0. The van der Waals surface area contributed by atoms with Crippen LogP contribution in [0.1, 0.15) is 0 Å². The molecule has 0 aliphatic heterocycles. The number of carbonyl (C=O) groups excluding carboxylic acids is 2. The van der Waals surface area contributed by atoms with Crippen LogP contribution < -0.4 is 0 Å². The first-order valence-electron chi connectivity index (χ1n) is 1.79. The standard InChI is InChI=1S/C4H4ClO3/c1-3(6)8-4(7)2-5/h1-2H2. The number of esters is 2. The smallest absolute Gasteiger partial charge is 0.328 e. The molecule has 0 aromatic carbocycles.